The van der Waals surface area contributed by atoms with Gasteiger partial charge >= 0.3 is 0 Å². The van der Waals surface area contributed by atoms with Crippen LogP contribution in [0.25, 0.3) is 6.08 Å². The van der Waals surface area contributed by atoms with E-state index in [0.717, 1.165) is 24.1 Å². The number of carbonyl (C=O) groups excluding carboxylic acids is 1. The molecule has 1 amide bonds. The maximum Gasteiger partial charge on any atom is 0.276 e. The standard InChI is InChI=1S/C19H18N2O2/c22-19(16-8-4-5-10-20-16)21-15-9-11-23-18(13-15)17(21)12-14-6-2-1-3-7-14/h1-8,10,12,15,18H,9,11,13H2/b17-12-. The molecule has 0 spiro atoms. The lowest BCUT2D eigenvalue weighted by atomic mass is 10.1. The predicted molar refractivity (Wildman–Crippen MR) is 87.6 cm³/mol. The molecule has 0 saturated carbocycles. The lowest BCUT2D eigenvalue weighted by Gasteiger charge is -2.24. The van der Waals surface area contributed by atoms with Gasteiger partial charge in [-0.05, 0) is 30.2 Å². The molecule has 4 heteroatoms. The number of hydrogen-bond acceptors (Lipinski definition) is 3. The summed E-state index contributed by atoms with van der Waals surface area (Å²) in [5.41, 5.74) is 2.52. The third-order valence-electron chi connectivity index (χ3n) is 4.45. The summed E-state index contributed by atoms with van der Waals surface area (Å²) in [4.78, 5) is 19.1. The fourth-order valence-electron chi connectivity index (χ4n) is 3.36. The zero-order valence-electron chi connectivity index (χ0n) is 12.8. The Kier molecular flexibility index (Phi) is 3.67. The van der Waals surface area contributed by atoms with Gasteiger partial charge in [-0.1, -0.05) is 36.4 Å². The van der Waals surface area contributed by atoms with E-state index in [1.165, 1.54) is 0 Å². The lowest BCUT2D eigenvalue weighted by molar-refractivity contribution is 0.0492. The molecular weight excluding hydrogens is 288 g/mol. The van der Waals surface area contributed by atoms with Crippen molar-refractivity contribution in [2.75, 3.05) is 6.61 Å². The van der Waals surface area contributed by atoms with Gasteiger partial charge in [-0.2, -0.15) is 0 Å². The summed E-state index contributed by atoms with van der Waals surface area (Å²) in [6, 6.07) is 15.7. The molecule has 2 bridgehead atoms. The molecule has 116 valence electrons. The molecule has 0 aliphatic carbocycles. The van der Waals surface area contributed by atoms with Crippen LogP contribution in [0.2, 0.25) is 0 Å². The second kappa shape index (κ2) is 5.97. The Balaban J connectivity index is 1.73. The Morgan fingerprint density at radius 2 is 2.00 bits per heavy atom. The van der Waals surface area contributed by atoms with Crippen molar-refractivity contribution in [2.24, 2.45) is 0 Å². The Hall–Kier alpha value is -2.46. The highest BCUT2D eigenvalue weighted by Crippen LogP contribution is 2.37. The second-order valence-corrected chi connectivity index (χ2v) is 5.91. The fourth-order valence-corrected chi connectivity index (χ4v) is 3.36. The number of benzene rings is 1. The van der Waals surface area contributed by atoms with Gasteiger partial charge in [0, 0.05) is 25.3 Å². The van der Waals surface area contributed by atoms with Crippen LogP contribution in [0.1, 0.15) is 28.9 Å². The van der Waals surface area contributed by atoms with Gasteiger partial charge in [0.05, 0.1) is 11.8 Å². The molecule has 1 aromatic carbocycles. The average molecular weight is 306 g/mol. The highest BCUT2D eigenvalue weighted by molar-refractivity contribution is 5.94. The SMILES string of the molecule is O=C(c1ccccn1)N1/C(=C\c2ccccc2)C2CC1CCO2. The zero-order valence-corrected chi connectivity index (χ0v) is 12.8. The van der Waals surface area contributed by atoms with Crippen molar-refractivity contribution in [2.45, 2.75) is 25.0 Å². The minimum absolute atomic E-state index is 0.00150. The topological polar surface area (TPSA) is 42.4 Å². The van der Waals surface area contributed by atoms with Crippen molar-refractivity contribution in [3.8, 4) is 0 Å². The summed E-state index contributed by atoms with van der Waals surface area (Å²) in [6.07, 6.45) is 5.48. The maximum atomic E-state index is 13.0. The molecule has 4 rings (SSSR count). The zero-order chi connectivity index (χ0) is 15.6. The number of ether oxygens (including phenoxy) is 1. The van der Waals surface area contributed by atoms with Crippen molar-refractivity contribution in [1.29, 1.82) is 0 Å². The van der Waals surface area contributed by atoms with Crippen LogP contribution in [-0.2, 0) is 4.74 Å². The first-order valence-electron chi connectivity index (χ1n) is 7.96. The molecule has 1 aromatic heterocycles. The molecule has 2 aromatic rings. The quantitative estimate of drug-likeness (QED) is 0.856. The van der Waals surface area contributed by atoms with E-state index in [2.05, 4.69) is 11.1 Å². The minimum atomic E-state index is -0.0363. The van der Waals surface area contributed by atoms with Crippen LogP contribution in [0.15, 0.2) is 60.4 Å². The molecule has 2 fully saturated rings. The lowest BCUT2D eigenvalue weighted by Crippen LogP contribution is -2.35. The van der Waals surface area contributed by atoms with E-state index in [9.17, 15) is 4.79 Å². The molecule has 2 saturated heterocycles. The maximum absolute atomic E-state index is 13.0. The summed E-state index contributed by atoms with van der Waals surface area (Å²) in [7, 11) is 0. The van der Waals surface area contributed by atoms with Gasteiger partial charge in [0.1, 0.15) is 5.69 Å². The molecule has 2 unspecified atom stereocenters. The van der Waals surface area contributed by atoms with Gasteiger partial charge in [0.15, 0.2) is 0 Å². The van der Waals surface area contributed by atoms with Gasteiger partial charge in [0.25, 0.3) is 5.91 Å². The Morgan fingerprint density at radius 3 is 2.78 bits per heavy atom. The average Bonchev–Trinajstić information content (AvgIpc) is 2.86. The van der Waals surface area contributed by atoms with Gasteiger partial charge in [-0.25, -0.2) is 0 Å². The number of fused-ring (bicyclic) bond motifs is 2. The van der Waals surface area contributed by atoms with E-state index in [-0.39, 0.29) is 18.1 Å². The molecule has 4 nitrogen and oxygen atoms in total. The summed E-state index contributed by atoms with van der Waals surface area (Å²) in [6.45, 7) is 0.702. The Morgan fingerprint density at radius 1 is 1.17 bits per heavy atom. The highest BCUT2D eigenvalue weighted by atomic mass is 16.5. The number of rotatable bonds is 2. The van der Waals surface area contributed by atoms with E-state index >= 15 is 0 Å². The van der Waals surface area contributed by atoms with Crippen LogP contribution >= 0.6 is 0 Å². The minimum Gasteiger partial charge on any atom is -0.372 e. The van der Waals surface area contributed by atoms with Crippen molar-refractivity contribution in [3.63, 3.8) is 0 Å². The fraction of sp³-hybridized carbons (Fsp3) is 0.263. The number of pyridine rings is 1. The van der Waals surface area contributed by atoms with E-state index in [1.54, 1.807) is 12.3 Å². The normalized spacial score (nSPS) is 24.9. The summed E-state index contributed by atoms with van der Waals surface area (Å²) < 4.78 is 5.89. The number of aromatic nitrogens is 1. The molecule has 0 radical (unpaired) electrons. The van der Waals surface area contributed by atoms with Crippen LogP contribution in [0, 0.1) is 0 Å². The van der Waals surface area contributed by atoms with E-state index < -0.39 is 0 Å². The second-order valence-electron chi connectivity index (χ2n) is 5.91. The van der Waals surface area contributed by atoms with Gasteiger partial charge in [-0.15, -0.1) is 0 Å². The Bertz CT molecular complexity index is 728. The van der Waals surface area contributed by atoms with Crippen molar-refractivity contribution >= 4 is 12.0 Å². The third kappa shape index (κ3) is 2.66. The molecule has 2 aliphatic heterocycles. The number of amides is 1. The van der Waals surface area contributed by atoms with Crippen molar-refractivity contribution in [3.05, 3.63) is 71.7 Å². The molecule has 2 aliphatic rings. The van der Waals surface area contributed by atoms with Crippen LogP contribution in [0.4, 0.5) is 0 Å². The number of likely N-dealkylation sites (tertiary alicyclic amines) is 1. The number of nitrogens with zero attached hydrogens (tertiary/aromatic N) is 2. The predicted octanol–water partition coefficient (Wildman–Crippen LogP) is 3.13. The van der Waals surface area contributed by atoms with Crippen LogP contribution in [0.3, 0.4) is 0 Å². The highest BCUT2D eigenvalue weighted by Gasteiger charge is 2.43. The molecule has 3 heterocycles. The van der Waals surface area contributed by atoms with Crippen LogP contribution in [0.5, 0.6) is 0 Å². The summed E-state index contributed by atoms with van der Waals surface area (Å²) >= 11 is 0. The first-order chi connectivity index (χ1) is 11.3. The van der Waals surface area contributed by atoms with E-state index in [0.29, 0.717) is 12.3 Å². The van der Waals surface area contributed by atoms with Crippen molar-refractivity contribution in [1.82, 2.24) is 9.88 Å². The first-order valence-corrected chi connectivity index (χ1v) is 7.96. The molecule has 0 N–H and O–H groups in total. The van der Waals surface area contributed by atoms with Crippen LogP contribution < -0.4 is 0 Å². The smallest absolute Gasteiger partial charge is 0.276 e. The van der Waals surface area contributed by atoms with E-state index in [1.807, 2.05) is 47.4 Å². The van der Waals surface area contributed by atoms with Gasteiger partial charge in [0.2, 0.25) is 0 Å². The first kappa shape index (κ1) is 14.2. The summed E-state index contributed by atoms with van der Waals surface area (Å²) in [5.74, 6) is -0.0363. The number of carbonyl (C=O) groups is 1. The van der Waals surface area contributed by atoms with Crippen LogP contribution in [-0.4, -0.2) is 34.5 Å². The van der Waals surface area contributed by atoms with Crippen molar-refractivity contribution < 1.29 is 9.53 Å². The third-order valence-corrected chi connectivity index (χ3v) is 4.45. The summed E-state index contributed by atoms with van der Waals surface area (Å²) in [5, 5.41) is 0. The molecule has 2 atom stereocenters. The Labute approximate surface area is 135 Å². The largest absolute Gasteiger partial charge is 0.372 e. The monoisotopic (exact) mass is 306 g/mol. The van der Waals surface area contributed by atoms with E-state index in [4.69, 9.17) is 4.74 Å². The molecule has 23 heavy (non-hydrogen) atoms. The van der Waals surface area contributed by atoms with Gasteiger partial charge in [-0.3, -0.25) is 9.78 Å². The van der Waals surface area contributed by atoms with Gasteiger partial charge < -0.3 is 9.64 Å². The molecular formula is C19H18N2O2. The number of hydrogen-bond donors (Lipinski definition) is 0.